The molecule has 0 aromatic carbocycles. The molecule has 0 bridgehead atoms. The molecule has 0 unspecified atom stereocenters. The third-order valence-corrected chi connectivity index (χ3v) is 4.16. The second kappa shape index (κ2) is 3.32. The van der Waals surface area contributed by atoms with E-state index in [9.17, 15) is 4.79 Å². The Hall–Kier alpha value is 0.0500. The van der Waals surface area contributed by atoms with Gasteiger partial charge in [-0.25, -0.2) is 0 Å². The standard InChI is InChI=1S/C9H14Cl2O2/c1-8(7(12)13)3-4-9(2,11)6(10)5-8/h6H,3-5H2,1-2H3,(H,12,13)/t6-,8-,9-/m1/s1. The highest BCUT2D eigenvalue weighted by atomic mass is 35.5. The van der Waals surface area contributed by atoms with Crippen molar-refractivity contribution in [1.29, 1.82) is 0 Å². The maximum absolute atomic E-state index is 10.9. The molecule has 1 saturated carbocycles. The van der Waals surface area contributed by atoms with Gasteiger partial charge in [-0.1, -0.05) is 0 Å². The van der Waals surface area contributed by atoms with Crippen molar-refractivity contribution in [3.8, 4) is 0 Å². The van der Waals surface area contributed by atoms with E-state index in [0.717, 1.165) is 0 Å². The number of halogens is 2. The molecule has 0 amide bonds. The molecule has 0 aromatic heterocycles. The Labute approximate surface area is 88.2 Å². The van der Waals surface area contributed by atoms with Crippen molar-refractivity contribution < 1.29 is 9.90 Å². The number of rotatable bonds is 1. The highest BCUT2D eigenvalue weighted by Gasteiger charge is 2.46. The number of aliphatic carboxylic acids is 1. The number of alkyl halides is 2. The molecular formula is C9H14Cl2O2. The predicted octanol–water partition coefficient (Wildman–Crippen LogP) is 2.87. The molecule has 1 aliphatic carbocycles. The van der Waals surface area contributed by atoms with E-state index < -0.39 is 16.3 Å². The lowest BCUT2D eigenvalue weighted by Gasteiger charge is -2.40. The molecule has 2 nitrogen and oxygen atoms in total. The molecule has 1 N–H and O–H groups in total. The highest BCUT2D eigenvalue weighted by Crippen LogP contribution is 2.46. The van der Waals surface area contributed by atoms with E-state index in [2.05, 4.69) is 0 Å². The molecule has 1 aliphatic rings. The number of hydrogen-bond donors (Lipinski definition) is 1. The third kappa shape index (κ3) is 2.10. The van der Waals surface area contributed by atoms with Crippen molar-refractivity contribution in [2.24, 2.45) is 5.41 Å². The van der Waals surface area contributed by atoms with Crippen LogP contribution in [-0.2, 0) is 4.79 Å². The summed E-state index contributed by atoms with van der Waals surface area (Å²) in [5.74, 6) is -0.773. The van der Waals surface area contributed by atoms with Crippen LogP contribution >= 0.6 is 23.2 Å². The monoisotopic (exact) mass is 224 g/mol. The van der Waals surface area contributed by atoms with Crippen LogP contribution in [0.15, 0.2) is 0 Å². The maximum Gasteiger partial charge on any atom is 0.309 e. The molecular weight excluding hydrogens is 211 g/mol. The van der Waals surface area contributed by atoms with E-state index in [1.807, 2.05) is 6.92 Å². The Morgan fingerprint density at radius 2 is 2.00 bits per heavy atom. The van der Waals surface area contributed by atoms with E-state index in [-0.39, 0.29) is 5.38 Å². The zero-order valence-corrected chi connectivity index (χ0v) is 9.32. The van der Waals surface area contributed by atoms with Gasteiger partial charge in [0.25, 0.3) is 0 Å². The quantitative estimate of drug-likeness (QED) is 0.696. The van der Waals surface area contributed by atoms with Gasteiger partial charge >= 0.3 is 5.97 Å². The minimum absolute atomic E-state index is 0.260. The molecule has 76 valence electrons. The maximum atomic E-state index is 10.9. The summed E-state index contributed by atoms with van der Waals surface area (Å²) in [4.78, 5) is 10.5. The normalized spacial score (nSPS) is 46.0. The molecule has 0 heterocycles. The largest absolute Gasteiger partial charge is 0.481 e. The van der Waals surface area contributed by atoms with Crippen LogP contribution in [0.5, 0.6) is 0 Å². The zero-order valence-electron chi connectivity index (χ0n) is 7.81. The van der Waals surface area contributed by atoms with Crippen molar-refractivity contribution in [3.05, 3.63) is 0 Å². The Morgan fingerprint density at radius 3 is 2.38 bits per heavy atom. The van der Waals surface area contributed by atoms with Gasteiger partial charge in [-0.3, -0.25) is 4.79 Å². The molecule has 1 fully saturated rings. The number of carbonyl (C=O) groups is 1. The molecule has 0 aliphatic heterocycles. The van der Waals surface area contributed by atoms with Crippen molar-refractivity contribution >= 4 is 29.2 Å². The average molecular weight is 225 g/mol. The summed E-state index contributed by atoms with van der Waals surface area (Å²) < 4.78 is 0. The van der Waals surface area contributed by atoms with Gasteiger partial charge in [0.1, 0.15) is 0 Å². The first-order chi connectivity index (χ1) is 5.78. The molecule has 0 saturated heterocycles. The Bertz CT molecular complexity index is 228. The van der Waals surface area contributed by atoms with Gasteiger partial charge in [0, 0.05) is 0 Å². The zero-order chi connectivity index (χ0) is 10.3. The molecule has 0 aromatic rings. The lowest BCUT2D eigenvalue weighted by molar-refractivity contribution is -0.149. The summed E-state index contributed by atoms with van der Waals surface area (Å²) in [6.07, 6.45) is 1.71. The van der Waals surface area contributed by atoms with Gasteiger partial charge < -0.3 is 5.11 Å². The van der Waals surface area contributed by atoms with E-state index in [1.165, 1.54) is 0 Å². The fourth-order valence-corrected chi connectivity index (χ4v) is 2.20. The van der Waals surface area contributed by atoms with Crippen LogP contribution in [0.3, 0.4) is 0 Å². The van der Waals surface area contributed by atoms with Crippen LogP contribution in [0.2, 0.25) is 0 Å². The predicted molar refractivity (Wildman–Crippen MR) is 53.5 cm³/mol. The minimum Gasteiger partial charge on any atom is -0.481 e. The van der Waals surface area contributed by atoms with Crippen LogP contribution in [0.25, 0.3) is 0 Å². The molecule has 0 spiro atoms. The van der Waals surface area contributed by atoms with Crippen LogP contribution in [0, 0.1) is 5.41 Å². The Kier molecular flexibility index (Phi) is 2.84. The van der Waals surface area contributed by atoms with Crippen LogP contribution < -0.4 is 0 Å². The first-order valence-electron chi connectivity index (χ1n) is 4.34. The number of carboxylic acid groups (broad SMARTS) is 1. The van der Waals surface area contributed by atoms with E-state index in [1.54, 1.807) is 6.92 Å². The summed E-state index contributed by atoms with van der Waals surface area (Å²) in [6, 6.07) is 0. The average Bonchev–Trinajstić information content (AvgIpc) is 1.98. The van der Waals surface area contributed by atoms with Gasteiger partial charge in [-0.05, 0) is 33.1 Å². The van der Waals surface area contributed by atoms with E-state index >= 15 is 0 Å². The minimum atomic E-state index is -0.773. The first-order valence-corrected chi connectivity index (χ1v) is 5.16. The van der Waals surface area contributed by atoms with Gasteiger partial charge in [0.05, 0.1) is 15.7 Å². The summed E-state index contributed by atoms with van der Waals surface area (Å²) in [5.41, 5.74) is -0.694. The smallest absolute Gasteiger partial charge is 0.309 e. The van der Waals surface area contributed by atoms with Gasteiger partial charge in [0.2, 0.25) is 0 Å². The van der Waals surface area contributed by atoms with Gasteiger partial charge in [0.15, 0.2) is 0 Å². The second-order valence-electron chi connectivity index (χ2n) is 4.32. The third-order valence-electron chi connectivity index (χ3n) is 2.96. The van der Waals surface area contributed by atoms with E-state index in [0.29, 0.717) is 19.3 Å². The lowest BCUT2D eigenvalue weighted by Crippen LogP contribution is -2.44. The second-order valence-corrected chi connectivity index (χ2v) is 5.71. The molecule has 4 heteroatoms. The summed E-state index contributed by atoms with van der Waals surface area (Å²) in [7, 11) is 0. The molecule has 3 atom stereocenters. The SMILES string of the molecule is C[C@@]1(C(=O)O)CC[C@@](C)(Cl)[C@H](Cl)C1. The van der Waals surface area contributed by atoms with Crippen molar-refractivity contribution in [2.45, 2.75) is 43.4 Å². The lowest BCUT2D eigenvalue weighted by atomic mass is 9.71. The van der Waals surface area contributed by atoms with E-state index in [4.69, 9.17) is 28.3 Å². The fraction of sp³-hybridized carbons (Fsp3) is 0.889. The summed E-state index contributed by atoms with van der Waals surface area (Å²) in [5, 5.41) is 8.72. The Balaban J connectivity index is 2.76. The highest BCUT2D eigenvalue weighted by molar-refractivity contribution is 6.32. The van der Waals surface area contributed by atoms with Crippen LogP contribution in [0.1, 0.15) is 33.1 Å². The number of carboxylic acids is 1. The molecule has 1 rings (SSSR count). The van der Waals surface area contributed by atoms with Crippen LogP contribution in [-0.4, -0.2) is 21.3 Å². The molecule has 0 radical (unpaired) electrons. The Morgan fingerprint density at radius 1 is 1.46 bits per heavy atom. The van der Waals surface area contributed by atoms with Crippen molar-refractivity contribution in [1.82, 2.24) is 0 Å². The first kappa shape index (κ1) is 11.1. The van der Waals surface area contributed by atoms with Crippen molar-refractivity contribution in [2.75, 3.05) is 0 Å². The van der Waals surface area contributed by atoms with Crippen molar-refractivity contribution in [3.63, 3.8) is 0 Å². The van der Waals surface area contributed by atoms with Gasteiger partial charge in [-0.15, -0.1) is 23.2 Å². The van der Waals surface area contributed by atoms with Gasteiger partial charge in [-0.2, -0.15) is 0 Å². The number of hydrogen-bond acceptors (Lipinski definition) is 1. The topological polar surface area (TPSA) is 37.3 Å². The molecule has 13 heavy (non-hydrogen) atoms. The summed E-state index contributed by atoms with van der Waals surface area (Å²) >= 11 is 12.2. The fourth-order valence-electron chi connectivity index (χ4n) is 1.58. The van der Waals surface area contributed by atoms with Crippen LogP contribution in [0.4, 0.5) is 0 Å². The summed E-state index contributed by atoms with van der Waals surface area (Å²) in [6.45, 7) is 3.60.